The van der Waals surface area contributed by atoms with Gasteiger partial charge in [-0.1, -0.05) is 0 Å². The molecule has 1 unspecified atom stereocenters. The van der Waals surface area contributed by atoms with Crippen LogP contribution in [-0.2, 0) is 4.79 Å². The Morgan fingerprint density at radius 3 is 2.59 bits per heavy atom. The Morgan fingerprint density at radius 1 is 1.41 bits per heavy atom. The predicted molar refractivity (Wildman–Crippen MR) is 69.4 cm³/mol. The maximum atomic E-state index is 12.8. The third-order valence-corrected chi connectivity index (χ3v) is 3.27. The topological polar surface area (TPSA) is 55.1 Å². The standard InChI is InChI=1S/C12H17FN2OS/c1-7(2)15-12(16)8(3)17-11-5-4-9(13)6-10(11)14/h4-8H,14H2,1-3H3,(H,15,16). The zero-order valence-corrected chi connectivity index (χ0v) is 11.0. The highest BCUT2D eigenvalue weighted by Gasteiger charge is 2.16. The number of nitrogen functional groups attached to an aromatic ring is 1. The van der Waals surface area contributed by atoms with Crippen molar-refractivity contribution in [2.24, 2.45) is 0 Å². The van der Waals surface area contributed by atoms with Gasteiger partial charge in [0.2, 0.25) is 5.91 Å². The number of halogens is 1. The second-order valence-corrected chi connectivity index (χ2v) is 5.49. The van der Waals surface area contributed by atoms with Crippen LogP contribution < -0.4 is 11.1 Å². The van der Waals surface area contributed by atoms with E-state index in [0.717, 1.165) is 4.90 Å². The van der Waals surface area contributed by atoms with E-state index in [1.165, 1.54) is 23.9 Å². The van der Waals surface area contributed by atoms with Crippen molar-refractivity contribution in [3.05, 3.63) is 24.0 Å². The summed E-state index contributed by atoms with van der Waals surface area (Å²) >= 11 is 1.33. The van der Waals surface area contributed by atoms with Gasteiger partial charge in [-0.2, -0.15) is 0 Å². The van der Waals surface area contributed by atoms with Gasteiger partial charge in [-0.05, 0) is 39.0 Å². The number of anilines is 1. The Kier molecular flexibility index (Phi) is 4.81. The van der Waals surface area contributed by atoms with Crippen LogP contribution in [0.3, 0.4) is 0 Å². The molecule has 1 atom stereocenters. The van der Waals surface area contributed by atoms with Crippen molar-refractivity contribution in [3.63, 3.8) is 0 Å². The molecule has 1 aromatic rings. The number of rotatable bonds is 4. The average Bonchev–Trinajstić information content (AvgIpc) is 2.21. The lowest BCUT2D eigenvalue weighted by Gasteiger charge is -2.15. The zero-order chi connectivity index (χ0) is 13.0. The van der Waals surface area contributed by atoms with E-state index in [2.05, 4.69) is 5.32 Å². The van der Waals surface area contributed by atoms with Crippen LogP contribution in [0.1, 0.15) is 20.8 Å². The first kappa shape index (κ1) is 13.8. The third-order valence-electron chi connectivity index (χ3n) is 2.08. The molecule has 0 aromatic heterocycles. The van der Waals surface area contributed by atoms with Crippen LogP contribution in [0.5, 0.6) is 0 Å². The molecule has 17 heavy (non-hydrogen) atoms. The van der Waals surface area contributed by atoms with E-state index < -0.39 is 0 Å². The zero-order valence-electron chi connectivity index (χ0n) is 10.2. The maximum absolute atomic E-state index is 12.8. The molecule has 0 saturated carbocycles. The average molecular weight is 256 g/mol. The number of hydrogen-bond acceptors (Lipinski definition) is 3. The molecule has 0 aliphatic heterocycles. The smallest absolute Gasteiger partial charge is 0.233 e. The number of carbonyl (C=O) groups excluding carboxylic acids is 1. The fourth-order valence-electron chi connectivity index (χ4n) is 1.27. The van der Waals surface area contributed by atoms with E-state index >= 15 is 0 Å². The molecule has 0 radical (unpaired) electrons. The molecule has 0 aliphatic rings. The SMILES string of the molecule is CC(C)NC(=O)C(C)Sc1ccc(F)cc1N. The second kappa shape index (κ2) is 5.91. The van der Waals surface area contributed by atoms with Crippen LogP contribution in [0.15, 0.2) is 23.1 Å². The van der Waals surface area contributed by atoms with Crippen LogP contribution in [0.2, 0.25) is 0 Å². The molecular formula is C12H17FN2OS. The van der Waals surface area contributed by atoms with Crippen LogP contribution in [-0.4, -0.2) is 17.2 Å². The Balaban J connectivity index is 2.67. The highest BCUT2D eigenvalue weighted by Crippen LogP contribution is 2.29. The summed E-state index contributed by atoms with van der Waals surface area (Å²) in [7, 11) is 0. The van der Waals surface area contributed by atoms with Crippen molar-refractivity contribution >= 4 is 23.4 Å². The maximum Gasteiger partial charge on any atom is 0.233 e. The molecule has 1 rings (SSSR count). The van der Waals surface area contributed by atoms with E-state index in [1.807, 2.05) is 13.8 Å². The quantitative estimate of drug-likeness (QED) is 0.642. The van der Waals surface area contributed by atoms with Gasteiger partial charge in [0.25, 0.3) is 0 Å². The predicted octanol–water partition coefficient (Wildman–Crippen LogP) is 2.41. The lowest BCUT2D eigenvalue weighted by Crippen LogP contribution is -2.35. The summed E-state index contributed by atoms with van der Waals surface area (Å²) in [6.45, 7) is 5.61. The number of carbonyl (C=O) groups is 1. The molecule has 3 N–H and O–H groups in total. The molecule has 94 valence electrons. The first-order valence-corrected chi connectivity index (χ1v) is 6.30. The number of nitrogens with one attached hydrogen (secondary N) is 1. The summed E-state index contributed by atoms with van der Waals surface area (Å²) in [6.07, 6.45) is 0. The summed E-state index contributed by atoms with van der Waals surface area (Å²) in [6, 6.07) is 4.30. The first-order valence-electron chi connectivity index (χ1n) is 5.42. The summed E-state index contributed by atoms with van der Waals surface area (Å²) < 4.78 is 12.8. The van der Waals surface area contributed by atoms with E-state index in [0.29, 0.717) is 5.69 Å². The van der Waals surface area contributed by atoms with Gasteiger partial charge >= 0.3 is 0 Å². The Hall–Kier alpha value is -1.23. The fourth-order valence-corrected chi connectivity index (χ4v) is 2.17. The minimum absolute atomic E-state index is 0.0475. The van der Waals surface area contributed by atoms with E-state index in [-0.39, 0.29) is 23.0 Å². The van der Waals surface area contributed by atoms with Crippen LogP contribution in [0.4, 0.5) is 10.1 Å². The molecule has 0 heterocycles. The summed E-state index contributed by atoms with van der Waals surface area (Å²) in [5.74, 6) is -0.417. The minimum atomic E-state index is -0.369. The lowest BCUT2D eigenvalue weighted by atomic mass is 10.3. The fraction of sp³-hybridized carbons (Fsp3) is 0.417. The first-order chi connectivity index (χ1) is 7.90. The van der Waals surface area contributed by atoms with Crippen LogP contribution in [0.25, 0.3) is 0 Å². The summed E-state index contributed by atoms with van der Waals surface area (Å²) in [5, 5.41) is 2.56. The van der Waals surface area contributed by atoms with Crippen molar-refractivity contribution < 1.29 is 9.18 Å². The monoisotopic (exact) mass is 256 g/mol. The van der Waals surface area contributed by atoms with Gasteiger partial charge in [0.1, 0.15) is 5.82 Å². The van der Waals surface area contributed by atoms with Crippen molar-refractivity contribution in [2.75, 3.05) is 5.73 Å². The van der Waals surface area contributed by atoms with Crippen LogP contribution >= 0.6 is 11.8 Å². The number of benzene rings is 1. The van der Waals surface area contributed by atoms with Gasteiger partial charge in [0, 0.05) is 16.6 Å². The largest absolute Gasteiger partial charge is 0.398 e. The van der Waals surface area contributed by atoms with E-state index in [1.54, 1.807) is 13.0 Å². The van der Waals surface area contributed by atoms with Gasteiger partial charge in [-0.3, -0.25) is 4.79 Å². The summed E-state index contributed by atoms with van der Waals surface area (Å²) in [5.41, 5.74) is 6.04. The van der Waals surface area contributed by atoms with Crippen LogP contribution in [0, 0.1) is 5.82 Å². The van der Waals surface area contributed by atoms with Gasteiger partial charge < -0.3 is 11.1 Å². The molecule has 0 saturated heterocycles. The van der Waals surface area contributed by atoms with E-state index in [9.17, 15) is 9.18 Å². The number of hydrogen-bond donors (Lipinski definition) is 2. The summed E-state index contributed by atoms with van der Waals surface area (Å²) in [4.78, 5) is 12.4. The normalized spacial score (nSPS) is 12.5. The molecule has 1 amide bonds. The van der Waals surface area contributed by atoms with Gasteiger partial charge in [0.05, 0.1) is 5.25 Å². The highest BCUT2D eigenvalue weighted by molar-refractivity contribution is 8.00. The van der Waals surface area contributed by atoms with Crippen molar-refractivity contribution in [1.29, 1.82) is 0 Å². The third kappa shape index (κ3) is 4.26. The molecule has 3 nitrogen and oxygen atoms in total. The Labute approximate surface area is 105 Å². The Morgan fingerprint density at radius 2 is 2.06 bits per heavy atom. The van der Waals surface area contributed by atoms with Crippen molar-refractivity contribution in [2.45, 2.75) is 37.0 Å². The molecule has 0 spiro atoms. The molecule has 0 aliphatic carbocycles. The van der Waals surface area contributed by atoms with Gasteiger partial charge in [0.15, 0.2) is 0 Å². The number of amides is 1. The van der Waals surface area contributed by atoms with E-state index in [4.69, 9.17) is 5.73 Å². The minimum Gasteiger partial charge on any atom is -0.398 e. The molecule has 0 bridgehead atoms. The molecule has 5 heteroatoms. The Bertz CT molecular complexity index is 409. The molecule has 1 aromatic carbocycles. The lowest BCUT2D eigenvalue weighted by molar-refractivity contribution is -0.120. The number of thioether (sulfide) groups is 1. The van der Waals surface area contributed by atoms with Gasteiger partial charge in [-0.15, -0.1) is 11.8 Å². The highest BCUT2D eigenvalue weighted by atomic mass is 32.2. The van der Waals surface area contributed by atoms with Gasteiger partial charge in [-0.25, -0.2) is 4.39 Å². The molecular weight excluding hydrogens is 239 g/mol. The second-order valence-electron chi connectivity index (χ2n) is 4.11. The van der Waals surface area contributed by atoms with Crippen molar-refractivity contribution in [3.8, 4) is 0 Å². The van der Waals surface area contributed by atoms with Crippen molar-refractivity contribution in [1.82, 2.24) is 5.32 Å². The molecule has 0 fully saturated rings. The number of nitrogens with two attached hydrogens (primary N) is 1.